The number of nitrogens with zero attached hydrogens (tertiary/aromatic N) is 2. The van der Waals surface area contributed by atoms with Gasteiger partial charge in [0, 0.05) is 30.2 Å². The number of fused-ring (bicyclic) bond motifs is 3. The Morgan fingerprint density at radius 3 is 2.46 bits per heavy atom. The number of hydrogen-bond donors (Lipinski definition) is 3. The van der Waals surface area contributed by atoms with Crippen LogP contribution in [0, 0.1) is 11.3 Å². The summed E-state index contributed by atoms with van der Waals surface area (Å²) in [5, 5.41) is 15.0. The van der Waals surface area contributed by atoms with Gasteiger partial charge in [0.15, 0.2) is 11.2 Å². The summed E-state index contributed by atoms with van der Waals surface area (Å²) in [6.45, 7) is 9.02. The van der Waals surface area contributed by atoms with E-state index in [1.807, 2.05) is 6.07 Å². The van der Waals surface area contributed by atoms with E-state index < -0.39 is 24.3 Å². The molecule has 2 fully saturated rings. The summed E-state index contributed by atoms with van der Waals surface area (Å²) in [5.74, 6) is -0.811. The van der Waals surface area contributed by atoms with Crippen molar-refractivity contribution in [2.24, 2.45) is 16.3 Å². The van der Waals surface area contributed by atoms with Gasteiger partial charge in [0.05, 0.1) is 0 Å². The van der Waals surface area contributed by atoms with Crippen LogP contribution in [0.25, 0.3) is 0 Å². The molecular weight excluding hydrogens is 513 g/mol. The highest BCUT2D eigenvalue weighted by Crippen LogP contribution is 2.64. The normalized spacial score (nSPS) is 27.5. The first-order chi connectivity index (χ1) is 18.1. The molecule has 2 aliphatic heterocycles. The molecule has 2 heterocycles. The summed E-state index contributed by atoms with van der Waals surface area (Å²) in [6, 6.07) is 9.71. The van der Waals surface area contributed by atoms with Crippen molar-refractivity contribution < 1.29 is 32.6 Å². The maximum atomic E-state index is 12.7. The number of hydrogen-bond acceptors (Lipinski definition) is 5. The first-order valence-corrected chi connectivity index (χ1v) is 12.9. The average molecular weight is 546 g/mol. The molecule has 8 nitrogen and oxygen atoms in total. The third kappa shape index (κ3) is 4.95. The molecule has 4 atom stereocenters. The van der Waals surface area contributed by atoms with E-state index in [4.69, 9.17) is 10.1 Å². The molecule has 0 aromatic heterocycles. The summed E-state index contributed by atoms with van der Waals surface area (Å²) < 4.78 is 42.3. The van der Waals surface area contributed by atoms with E-state index in [2.05, 4.69) is 36.1 Å². The van der Waals surface area contributed by atoms with Crippen LogP contribution in [0.2, 0.25) is 0 Å². The number of anilines is 1. The van der Waals surface area contributed by atoms with Gasteiger partial charge >= 0.3 is 18.3 Å². The topological polar surface area (TPSA) is 100 Å². The number of halogens is 3. The Morgan fingerprint density at radius 1 is 1.15 bits per heavy atom. The Kier molecular flexibility index (Phi) is 6.21. The Balaban J connectivity index is 1.49. The van der Waals surface area contributed by atoms with E-state index in [1.54, 1.807) is 12.1 Å². The van der Waals surface area contributed by atoms with E-state index in [0.29, 0.717) is 33.3 Å². The number of aliphatic carboxylic acids is 1. The number of carbonyl (C=O) groups is 2. The molecule has 3 N–H and O–H groups in total. The van der Waals surface area contributed by atoms with Gasteiger partial charge in [-0.1, -0.05) is 20.8 Å². The lowest BCUT2D eigenvalue weighted by atomic mass is 9.67. The maximum Gasteiger partial charge on any atom is 0.573 e. The first kappa shape index (κ1) is 27.0. The van der Waals surface area contributed by atoms with Crippen LogP contribution >= 0.6 is 0 Å². The Labute approximate surface area is 224 Å². The number of alkyl halides is 3. The molecule has 2 aromatic carbocycles. The lowest BCUT2D eigenvalue weighted by Crippen LogP contribution is -2.48. The quantitative estimate of drug-likeness (QED) is 0.325. The Bertz CT molecular complexity index is 1360. The molecule has 2 spiro atoms. The van der Waals surface area contributed by atoms with Gasteiger partial charge in [0.1, 0.15) is 24.0 Å². The van der Waals surface area contributed by atoms with Crippen molar-refractivity contribution in [3.05, 3.63) is 48.0 Å². The van der Waals surface area contributed by atoms with Crippen LogP contribution in [-0.2, 0) is 4.79 Å². The standard InChI is InChI=1S/C28H31F3N4O4/c1-16-12-26(3,4)14-27(13-16)15-35(27)22-10-5-18(23(36)32-17(2)24(37)38)11-21(22)34-25(35)33-19-6-8-20(9-7-19)39-28(29,30)31/h5-11,16-17H,12-15H2,1-4H3,(H2-,32,33,34,36,37,38)/p+1/t16-,17+,27?,35?/m1/s1. The predicted molar refractivity (Wildman–Crippen MR) is 141 cm³/mol. The van der Waals surface area contributed by atoms with Gasteiger partial charge in [-0.3, -0.25) is 14.9 Å². The highest BCUT2D eigenvalue weighted by atomic mass is 19.4. The molecule has 5 rings (SSSR count). The fourth-order valence-corrected chi connectivity index (χ4v) is 6.88. The van der Waals surface area contributed by atoms with Gasteiger partial charge in [-0.25, -0.2) is 4.48 Å². The van der Waals surface area contributed by atoms with Gasteiger partial charge in [0.2, 0.25) is 0 Å². The number of amides is 1. The third-order valence-electron chi connectivity index (χ3n) is 7.97. The largest absolute Gasteiger partial charge is 0.573 e. The molecule has 39 heavy (non-hydrogen) atoms. The lowest BCUT2D eigenvalue weighted by molar-refractivity contribution is -0.274. The number of carboxylic acid groups (broad SMARTS) is 1. The van der Waals surface area contributed by atoms with Gasteiger partial charge in [-0.15, -0.1) is 13.2 Å². The van der Waals surface area contributed by atoms with Gasteiger partial charge < -0.3 is 15.2 Å². The number of rotatable bonds is 5. The van der Waals surface area contributed by atoms with Crippen molar-refractivity contribution in [1.29, 1.82) is 0 Å². The lowest BCUT2D eigenvalue weighted by Gasteiger charge is -2.39. The molecule has 208 valence electrons. The van der Waals surface area contributed by atoms with Crippen LogP contribution in [0.1, 0.15) is 57.3 Å². The molecular formula is C28H32F3N4O4+. The first-order valence-electron chi connectivity index (χ1n) is 12.9. The third-order valence-corrected chi connectivity index (χ3v) is 7.97. The number of aliphatic imine (C=N–C) groups is 1. The molecule has 1 saturated carbocycles. The minimum absolute atomic E-state index is 0.0980. The van der Waals surface area contributed by atoms with E-state index in [-0.39, 0.29) is 16.7 Å². The second-order valence-electron chi connectivity index (χ2n) is 11.9. The zero-order valence-corrected chi connectivity index (χ0v) is 22.2. The highest BCUT2D eigenvalue weighted by molar-refractivity contribution is 6.13. The number of nitrogens with one attached hydrogen (secondary N) is 2. The highest BCUT2D eigenvalue weighted by Gasteiger charge is 2.78. The smallest absolute Gasteiger partial charge is 0.480 e. The Hall–Kier alpha value is -3.60. The number of carbonyl (C=O) groups excluding carboxylic acids is 1. The van der Waals surface area contributed by atoms with E-state index in [0.717, 1.165) is 31.5 Å². The number of guanidine groups is 1. The molecule has 1 saturated heterocycles. The van der Waals surface area contributed by atoms with Gasteiger partial charge in [0.25, 0.3) is 5.91 Å². The summed E-state index contributed by atoms with van der Waals surface area (Å²) in [5.41, 5.74) is 2.44. The van der Waals surface area contributed by atoms with E-state index >= 15 is 0 Å². The summed E-state index contributed by atoms with van der Waals surface area (Å²) in [4.78, 5) is 28.8. The summed E-state index contributed by atoms with van der Waals surface area (Å²) in [7, 11) is 0. The van der Waals surface area contributed by atoms with Crippen LogP contribution in [0.5, 0.6) is 5.75 Å². The minimum atomic E-state index is -4.77. The second kappa shape index (κ2) is 8.97. The zero-order valence-electron chi connectivity index (χ0n) is 22.2. The van der Waals surface area contributed by atoms with Crippen molar-refractivity contribution in [3.63, 3.8) is 0 Å². The van der Waals surface area contributed by atoms with E-state index in [9.17, 15) is 22.8 Å². The number of ether oxygens (including phenoxy) is 1. The average Bonchev–Trinajstić information content (AvgIpc) is 3.30. The van der Waals surface area contributed by atoms with E-state index in [1.165, 1.54) is 31.2 Å². The monoisotopic (exact) mass is 545 g/mol. The van der Waals surface area contributed by atoms with Gasteiger partial charge in [-0.2, -0.15) is 4.99 Å². The molecule has 2 aromatic rings. The molecule has 1 amide bonds. The SMILES string of the molecule is C[C@@H]1CC(C)(C)CC2(C1)C[N+]21C(Nc2ccc(OC(F)(F)F)cc2)=Nc2cc(C(=O)N[C@@H](C)C(=O)O)ccc21. The predicted octanol–water partition coefficient (Wildman–Crippen LogP) is 5.81. The van der Waals surface area contributed by atoms with Crippen molar-refractivity contribution in [2.75, 3.05) is 11.9 Å². The van der Waals surface area contributed by atoms with Crippen LogP contribution < -0.4 is 19.9 Å². The second-order valence-corrected chi connectivity index (χ2v) is 11.9. The molecule has 1 aliphatic carbocycles. The van der Waals surface area contributed by atoms with Crippen molar-refractivity contribution in [1.82, 2.24) is 9.80 Å². The molecule has 3 aliphatic rings. The van der Waals surface area contributed by atoms with Gasteiger partial charge in [-0.05, 0) is 61.1 Å². The number of carboxylic acids is 1. The number of benzene rings is 2. The molecule has 0 radical (unpaired) electrons. The zero-order chi connectivity index (χ0) is 28.4. The van der Waals surface area contributed by atoms with Crippen molar-refractivity contribution in [3.8, 4) is 5.75 Å². The maximum absolute atomic E-state index is 12.7. The minimum Gasteiger partial charge on any atom is -0.480 e. The van der Waals surface area contributed by atoms with Crippen LogP contribution in [0.15, 0.2) is 47.5 Å². The molecule has 0 bridgehead atoms. The molecule has 11 heteroatoms. The van der Waals surface area contributed by atoms with Crippen molar-refractivity contribution >= 4 is 34.9 Å². The summed E-state index contributed by atoms with van der Waals surface area (Å²) in [6.07, 6.45) is -1.69. The van der Waals surface area contributed by atoms with Crippen LogP contribution in [0.3, 0.4) is 0 Å². The molecule has 2 unspecified atom stereocenters. The number of quaternary nitrogens is 1. The Morgan fingerprint density at radius 2 is 1.85 bits per heavy atom. The fraction of sp³-hybridized carbons (Fsp3) is 0.464. The fourth-order valence-electron chi connectivity index (χ4n) is 6.88. The van der Waals surface area contributed by atoms with Crippen LogP contribution in [0.4, 0.5) is 30.2 Å². The van der Waals surface area contributed by atoms with Crippen molar-refractivity contribution in [2.45, 2.75) is 64.9 Å². The summed E-state index contributed by atoms with van der Waals surface area (Å²) >= 11 is 0. The van der Waals surface area contributed by atoms with Crippen LogP contribution in [-0.4, -0.2) is 47.4 Å².